The van der Waals surface area contributed by atoms with Crippen molar-refractivity contribution >= 4 is 37.2 Å². The fourth-order valence-corrected chi connectivity index (χ4v) is 0.552. The van der Waals surface area contributed by atoms with E-state index in [1.54, 1.807) is 13.8 Å². The fourth-order valence-electron chi connectivity index (χ4n) is 0.341. The number of carbonyl (C=O) groups excluding carboxylic acids is 2. The first-order valence-electron chi connectivity index (χ1n) is 5.14. The summed E-state index contributed by atoms with van der Waals surface area (Å²) in [6, 6.07) is 0. The first-order chi connectivity index (χ1) is 7.77. The van der Waals surface area contributed by atoms with E-state index in [-0.39, 0.29) is 17.1 Å². The van der Waals surface area contributed by atoms with Crippen LogP contribution in [0.15, 0.2) is 0 Å². The Labute approximate surface area is 135 Å². The average molecular weight is 360 g/mol. The van der Waals surface area contributed by atoms with Crippen LogP contribution in [0.4, 0.5) is 0 Å². The summed E-state index contributed by atoms with van der Waals surface area (Å²) in [6.07, 6.45) is 0. The summed E-state index contributed by atoms with van der Waals surface area (Å²) in [5, 5.41) is 19.6. The van der Waals surface area contributed by atoms with Crippen LogP contribution in [0.3, 0.4) is 0 Å². The Hall–Kier alpha value is 0.0795. The number of nitrogens with two attached hydrogens (primary N) is 2. The fraction of sp³-hybridized carbons (Fsp3) is 0.800. The number of carbonyl (C=O) groups is 2. The van der Waals surface area contributed by atoms with Gasteiger partial charge in [0.2, 0.25) is 0 Å². The van der Waals surface area contributed by atoms with Crippen molar-refractivity contribution < 1.29 is 36.9 Å². The summed E-state index contributed by atoms with van der Waals surface area (Å²) in [4.78, 5) is 20.4. The standard InChI is InChI=1S/2C5H11NO2S.Cu/c2*1-3(9)5(2,6)4(7)8;/h2*3,9H,6H2,1-2H3,(H,7,8);/q;;+2/p-2/t2*3?,5-;/m00./s1. The second-order valence-electron chi connectivity index (χ2n) is 4.49. The van der Waals surface area contributed by atoms with Gasteiger partial charge < -0.3 is 31.3 Å². The molecule has 0 bridgehead atoms. The van der Waals surface area contributed by atoms with Crippen molar-refractivity contribution in [2.75, 3.05) is 0 Å². The topological polar surface area (TPSA) is 132 Å². The van der Waals surface area contributed by atoms with Crippen molar-refractivity contribution in [3.05, 3.63) is 0 Å². The zero-order chi connectivity index (χ0) is 15.3. The first kappa shape index (κ1) is 24.1. The molecule has 4 N–H and O–H groups in total. The molecule has 0 aliphatic heterocycles. The number of carboxylic acid groups (broad SMARTS) is 2. The van der Waals surface area contributed by atoms with Gasteiger partial charge in [-0.25, -0.2) is 0 Å². The molecule has 1 radical (unpaired) electrons. The molecule has 0 fully saturated rings. The van der Waals surface area contributed by atoms with Crippen molar-refractivity contribution in [1.29, 1.82) is 0 Å². The largest absolute Gasteiger partial charge is 2.00 e. The van der Waals surface area contributed by atoms with Gasteiger partial charge in [0.15, 0.2) is 0 Å². The van der Waals surface area contributed by atoms with Gasteiger partial charge >= 0.3 is 17.1 Å². The van der Waals surface area contributed by atoms with E-state index < -0.39 is 33.5 Å². The Morgan fingerprint density at radius 3 is 1.11 bits per heavy atom. The van der Waals surface area contributed by atoms with E-state index >= 15 is 0 Å². The maximum absolute atomic E-state index is 10.2. The summed E-state index contributed by atoms with van der Waals surface area (Å²) in [5.41, 5.74) is 7.87. The van der Waals surface area contributed by atoms with Gasteiger partial charge in [0, 0.05) is 10.5 Å². The normalized spacial score (nSPS) is 19.4. The molecule has 117 valence electrons. The molecule has 0 aliphatic rings. The minimum Gasteiger partial charge on any atom is -0.548 e. The van der Waals surface area contributed by atoms with Crippen molar-refractivity contribution in [2.45, 2.75) is 49.3 Å². The van der Waals surface area contributed by atoms with Crippen LogP contribution < -0.4 is 21.7 Å². The molecule has 6 nitrogen and oxygen atoms in total. The third-order valence-corrected chi connectivity index (χ3v) is 3.69. The van der Waals surface area contributed by atoms with E-state index in [9.17, 15) is 19.8 Å². The van der Waals surface area contributed by atoms with E-state index in [2.05, 4.69) is 25.3 Å². The van der Waals surface area contributed by atoms with Crippen molar-refractivity contribution in [3.63, 3.8) is 0 Å². The molecule has 0 heterocycles. The smallest absolute Gasteiger partial charge is 0.548 e. The molecule has 0 amide bonds. The van der Waals surface area contributed by atoms with Gasteiger partial charge in [-0.15, -0.1) is 0 Å². The van der Waals surface area contributed by atoms with Crippen LogP contribution >= 0.6 is 25.3 Å². The second kappa shape index (κ2) is 9.10. The minimum absolute atomic E-state index is 0. The number of rotatable bonds is 4. The van der Waals surface area contributed by atoms with Gasteiger partial charge in [-0.05, 0) is 13.8 Å². The Morgan fingerprint density at radius 1 is 0.947 bits per heavy atom. The van der Waals surface area contributed by atoms with Gasteiger partial charge in [-0.2, -0.15) is 25.3 Å². The molecule has 0 aromatic heterocycles. The SMILES string of the molecule is CC(S)[C@](C)(N)C(=O)[O-].CC(S)[C@](C)(N)C(=O)[O-].[Cu+2]. The third-order valence-electron chi connectivity index (χ3n) is 2.62. The Bertz CT molecular complexity index is 280. The Kier molecular flexibility index (Phi) is 11.5. The molecule has 0 saturated heterocycles. The zero-order valence-electron chi connectivity index (χ0n) is 11.1. The van der Waals surface area contributed by atoms with Crippen LogP contribution in [0, 0.1) is 0 Å². The van der Waals surface area contributed by atoms with E-state index in [4.69, 9.17) is 11.5 Å². The molecule has 0 aliphatic carbocycles. The van der Waals surface area contributed by atoms with Crippen molar-refractivity contribution in [1.82, 2.24) is 0 Å². The predicted octanol–water partition coefficient (Wildman–Crippen LogP) is -2.46. The molecule has 0 rings (SSSR count). The van der Waals surface area contributed by atoms with Crippen LogP contribution in [0.25, 0.3) is 0 Å². The van der Waals surface area contributed by atoms with Gasteiger partial charge in [-0.1, -0.05) is 13.8 Å². The first-order valence-corrected chi connectivity index (χ1v) is 6.18. The van der Waals surface area contributed by atoms with Crippen LogP contribution in [-0.2, 0) is 26.7 Å². The molecule has 0 aromatic carbocycles. The number of hydrogen-bond donors (Lipinski definition) is 4. The molecular formula is C10H20CuN2O4S2. The molecule has 2 unspecified atom stereocenters. The van der Waals surface area contributed by atoms with E-state index in [0.29, 0.717) is 0 Å². The maximum atomic E-state index is 10.2. The molecule has 0 saturated carbocycles. The molecule has 19 heavy (non-hydrogen) atoms. The van der Waals surface area contributed by atoms with Gasteiger partial charge in [-0.3, -0.25) is 0 Å². The van der Waals surface area contributed by atoms with Crippen LogP contribution in [-0.4, -0.2) is 33.5 Å². The van der Waals surface area contributed by atoms with Gasteiger partial charge in [0.05, 0.1) is 23.0 Å². The maximum Gasteiger partial charge on any atom is 2.00 e. The second-order valence-corrected chi connectivity index (χ2v) is 6.04. The Balaban J connectivity index is -0.000000256. The van der Waals surface area contributed by atoms with Crippen molar-refractivity contribution in [3.8, 4) is 0 Å². The van der Waals surface area contributed by atoms with Gasteiger partial charge in [0.1, 0.15) is 0 Å². The molecule has 0 spiro atoms. The monoisotopic (exact) mass is 359 g/mol. The van der Waals surface area contributed by atoms with Gasteiger partial charge in [0.25, 0.3) is 0 Å². The quantitative estimate of drug-likeness (QED) is 0.325. The summed E-state index contributed by atoms with van der Waals surface area (Å²) in [6.45, 7) is 5.97. The molecule has 9 heteroatoms. The van der Waals surface area contributed by atoms with Crippen LogP contribution in [0.2, 0.25) is 0 Å². The van der Waals surface area contributed by atoms with Crippen LogP contribution in [0.1, 0.15) is 27.7 Å². The van der Waals surface area contributed by atoms with E-state index in [1.165, 1.54) is 13.8 Å². The number of carboxylic acids is 2. The average Bonchev–Trinajstić information content (AvgIpc) is 2.17. The van der Waals surface area contributed by atoms with Crippen molar-refractivity contribution in [2.24, 2.45) is 11.5 Å². The molecular weight excluding hydrogens is 340 g/mol. The minimum atomic E-state index is -1.33. The summed E-state index contributed by atoms with van der Waals surface area (Å²) >= 11 is 7.74. The number of hydrogen-bond acceptors (Lipinski definition) is 8. The molecule has 0 aromatic rings. The summed E-state index contributed by atoms with van der Waals surface area (Å²) in [7, 11) is 0. The molecule has 4 atom stereocenters. The van der Waals surface area contributed by atoms with E-state index in [1.807, 2.05) is 0 Å². The summed E-state index contributed by atoms with van der Waals surface area (Å²) < 4.78 is 0. The van der Waals surface area contributed by atoms with E-state index in [0.717, 1.165) is 0 Å². The van der Waals surface area contributed by atoms with Crippen LogP contribution in [0.5, 0.6) is 0 Å². The Morgan fingerprint density at radius 2 is 1.11 bits per heavy atom. The number of thiol groups is 2. The predicted molar refractivity (Wildman–Crippen MR) is 72.1 cm³/mol. The zero-order valence-corrected chi connectivity index (χ0v) is 13.9. The third kappa shape index (κ3) is 8.06. The summed E-state index contributed by atoms with van der Waals surface area (Å²) in [5.74, 6) is -2.55. The number of aliphatic carboxylic acids is 2.